The van der Waals surface area contributed by atoms with Gasteiger partial charge < -0.3 is 9.88 Å². The Morgan fingerprint density at radius 2 is 1.33 bits per heavy atom. The molecular weight excluding hydrogens is 352 g/mol. The molecule has 0 radical (unpaired) electrons. The molecule has 1 aromatic heterocycles. The van der Waals surface area contributed by atoms with E-state index in [9.17, 15) is 0 Å². The van der Waals surface area contributed by atoms with Gasteiger partial charge in [0, 0.05) is 27.2 Å². The van der Waals surface area contributed by atoms with Crippen molar-refractivity contribution >= 4 is 44.8 Å². The Morgan fingerprint density at radius 3 is 2.15 bits per heavy atom. The van der Waals surface area contributed by atoms with Gasteiger partial charge in [0.1, 0.15) is 0 Å². The molecule has 27 heavy (non-hydrogen) atoms. The molecular formula is C24H17ClN2. The number of halogens is 1. The predicted molar refractivity (Wildman–Crippen MR) is 116 cm³/mol. The number of hydrogen-bond acceptors (Lipinski definition) is 1. The summed E-state index contributed by atoms with van der Waals surface area (Å²) in [6.07, 6.45) is 0. The van der Waals surface area contributed by atoms with Crippen LogP contribution >= 0.6 is 11.6 Å². The van der Waals surface area contributed by atoms with Crippen molar-refractivity contribution in [3.8, 4) is 5.69 Å². The van der Waals surface area contributed by atoms with Crippen molar-refractivity contribution in [1.29, 1.82) is 0 Å². The van der Waals surface area contributed by atoms with E-state index in [0.717, 1.165) is 22.1 Å². The van der Waals surface area contributed by atoms with Crippen molar-refractivity contribution in [2.75, 3.05) is 5.32 Å². The monoisotopic (exact) mass is 368 g/mol. The molecule has 5 aromatic rings. The maximum Gasteiger partial charge on any atom is 0.0776 e. The molecule has 0 bridgehead atoms. The highest BCUT2D eigenvalue weighted by Crippen LogP contribution is 2.37. The van der Waals surface area contributed by atoms with Crippen LogP contribution in [0.3, 0.4) is 0 Å². The van der Waals surface area contributed by atoms with E-state index in [1.165, 1.54) is 21.8 Å². The minimum absolute atomic E-state index is 0.733. The Hall–Kier alpha value is -3.23. The molecule has 0 unspecified atom stereocenters. The Morgan fingerprint density at radius 1 is 0.630 bits per heavy atom. The number of para-hydroxylation sites is 3. The molecule has 0 saturated heterocycles. The van der Waals surface area contributed by atoms with Crippen LogP contribution in [0.1, 0.15) is 0 Å². The second-order valence-electron chi connectivity index (χ2n) is 6.52. The molecule has 3 heteroatoms. The lowest BCUT2D eigenvalue weighted by Crippen LogP contribution is -1.97. The molecule has 0 atom stereocenters. The van der Waals surface area contributed by atoms with Gasteiger partial charge in [-0.2, -0.15) is 0 Å². The lowest BCUT2D eigenvalue weighted by Gasteiger charge is -2.13. The summed E-state index contributed by atoms with van der Waals surface area (Å²) < 4.78 is 2.32. The van der Waals surface area contributed by atoms with Crippen molar-refractivity contribution < 1.29 is 0 Å². The third kappa shape index (κ3) is 2.75. The average Bonchev–Trinajstić information content (AvgIpc) is 3.06. The van der Waals surface area contributed by atoms with E-state index in [1.807, 2.05) is 30.3 Å². The zero-order chi connectivity index (χ0) is 18.2. The maximum atomic E-state index is 6.04. The smallest absolute Gasteiger partial charge is 0.0776 e. The van der Waals surface area contributed by atoms with Gasteiger partial charge in [-0.1, -0.05) is 60.1 Å². The maximum absolute atomic E-state index is 6.04. The lowest BCUT2D eigenvalue weighted by molar-refractivity contribution is 1.18. The van der Waals surface area contributed by atoms with E-state index in [0.29, 0.717) is 0 Å². The largest absolute Gasteiger partial charge is 0.354 e. The number of fused-ring (bicyclic) bond motifs is 3. The predicted octanol–water partition coefficient (Wildman–Crippen LogP) is 7.18. The lowest BCUT2D eigenvalue weighted by atomic mass is 10.1. The fourth-order valence-electron chi connectivity index (χ4n) is 3.65. The molecule has 5 rings (SSSR count). The quantitative estimate of drug-likeness (QED) is 0.357. The Labute approximate surface area is 162 Å². The van der Waals surface area contributed by atoms with Crippen molar-refractivity contribution in [3.63, 3.8) is 0 Å². The standard InChI is InChI=1S/C24H17ClN2/c25-17-13-15-18(16-14-17)26-22-11-6-10-21-20-9-4-5-12-23(20)27(24(21)22)19-7-2-1-3-8-19/h1-16,26H. The Bertz CT molecular complexity index is 1240. The summed E-state index contributed by atoms with van der Waals surface area (Å²) in [5.41, 5.74) is 5.59. The van der Waals surface area contributed by atoms with E-state index in [2.05, 4.69) is 76.6 Å². The highest BCUT2D eigenvalue weighted by molar-refractivity contribution is 6.30. The van der Waals surface area contributed by atoms with Crippen LogP contribution in [-0.2, 0) is 0 Å². The summed E-state index contributed by atoms with van der Waals surface area (Å²) in [5, 5.41) is 6.78. The van der Waals surface area contributed by atoms with Gasteiger partial charge >= 0.3 is 0 Å². The zero-order valence-corrected chi connectivity index (χ0v) is 15.3. The average molecular weight is 369 g/mol. The Kier molecular flexibility index (Phi) is 3.84. The molecule has 0 saturated carbocycles. The summed E-state index contributed by atoms with van der Waals surface area (Å²) in [6, 6.07) is 33.2. The summed E-state index contributed by atoms with van der Waals surface area (Å²) in [6.45, 7) is 0. The summed E-state index contributed by atoms with van der Waals surface area (Å²) in [7, 11) is 0. The molecule has 130 valence electrons. The van der Waals surface area contributed by atoms with Gasteiger partial charge in [0.15, 0.2) is 0 Å². The first kappa shape index (κ1) is 16.0. The number of anilines is 2. The van der Waals surface area contributed by atoms with Crippen LogP contribution in [0.2, 0.25) is 5.02 Å². The van der Waals surface area contributed by atoms with Gasteiger partial charge in [-0.05, 0) is 48.5 Å². The topological polar surface area (TPSA) is 17.0 Å². The minimum Gasteiger partial charge on any atom is -0.354 e. The number of hydrogen-bond donors (Lipinski definition) is 1. The first-order valence-electron chi connectivity index (χ1n) is 8.91. The molecule has 0 aliphatic rings. The number of rotatable bonds is 3. The molecule has 1 N–H and O–H groups in total. The van der Waals surface area contributed by atoms with Gasteiger partial charge in [0.25, 0.3) is 0 Å². The third-order valence-corrected chi connectivity index (χ3v) is 5.08. The van der Waals surface area contributed by atoms with E-state index in [4.69, 9.17) is 11.6 Å². The van der Waals surface area contributed by atoms with E-state index in [-0.39, 0.29) is 0 Å². The number of aromatic nitrogens is 1. The Balaban J connectivity index is 1.81. The van der Waals surface area contributed by atoms with E-state index < -0.39 is 0 Å². The number of benzene rings is 4. The molecule has 2 nitrogen and oxygen atoms in total. The summed E-state index contributed by atoms with van der Waals surface area (Å²) >= 11 is 6.04. The van der Waals surface area contributed by atoms with Gasteiger partial charge in [0.05, 0.1) is 16.7 Å². The SMILES string of the molecule is Clc1ccc(Nc2cccc3c4ccccc4n(-c4ccccc4)c23)cc1. The highest BCUT2D eigenvalue weighted by atomic mass is 35.5. The fourth-order valence-corrected chi connectivity index (χ4v) is 3.78. The fraction of sp³-hybridized carbons (Fsp3) is 0. The first-order valence-corrected chi connectivity index (χ1v) is 9.29. The summed E-state index contributed by atoms with van der Waals surface area (Å²) in [4.78, 5) is 0. The second kappa shape index (κ2) is 6.49. The van der Waals surface area contributed by atoms with Crippen LogP contribution in [0.4, 0.5) is 11.4 Å². The van der Waals surface area contributed by atoms with Gasteiger partial charge in [-0.3, -0.25) is 0 Å². The van der Waals surface area contributed by atoms with Crippen LogP contribution in [0.5, 0.6) is 0 Å². The number of nitrogens with zero attached hydrogens (tertiary/aromatic N) is 1. The highest BCUT2D eigenvalue weighted by Gasteiger charge is 2.15. The normalized spacial score (nSPS) is 11.1. The van der Waals surface area contributed by atoms with Crippen molar-refractivity contribution in [2.24, 2.45) is 0 Å². The van der Waals surface area contributed by atoms with Crippen LogP contribution < -0.4 is 5.32 Å². The minimum atomic E-state index is 0.733. The van der Waals surface area contributed by atoms with Crippen molar-refractivity contribution in [3.05, 3.63) is 102 Å². The van der Waals surface area contributed by atoms with Crippen LogP contribution in [0.15, 0.2) is 97.1 Å². The summed E-state index contributed by atoms with van der Waals surface area (Å²) in [5.74, 6) is 0. The molecule has 0 amide bonds. The number of nitrogens with one attached hydrogen (secondary N) is 1. The van der Waals surface area contributed by atoms with Crippen molar-refractivity contribution in [1.82, 2.24) is 4.57 Å². The molecule has 4 aromatic carbocycles. The third-order valence-electron chi connectivity index (χ3n) is 4.83. The van der Waals surface area contributed by atoms with Gasteiger partial charge in [0.2, 0.25) is 0 Å². The second-order valence-corrected chi connectivity index (χ2v) is 6.96. The van der Waals surface area contributed by atoms with Crippen LogP contribution in [-0.4, -0.2) is 4.57 Å². The van der Waals surface area contributed by atoms with Crippen LogP contribution in [0, 0.1) is 0 Å². The first-order chi connectivity index (χ1) is 13.3. The molecule has 0 fully saturated rings. The molecule has 0 spiro atoms. The van der Waals surface area contributed by atoms with Crippen molar-refractivity contribution in [2.45, 2.75) is 0 Å². The zero-order valence-electron chi connectivity index (χ0n) is 14.6. The van der Waals surface area contributed by atoms with Crippen LogP contribution in [0.25, 0.3) is 27.5 Å². The molecule has 0 aliphatic heterocycles. The molecule has 1 heterocycles. The molecule has 0 aliphatic carbocycles. The van der Waals surface area contributed by atoms with E-state index >= 15 is 0 Å². The van der Waals surface area contributed by atoms with E-state index in [1.54, 1.807) is 0 Å². The van der Waals surface area contributed by atoms with Gasteiger partial charge in [-0.15, -0.1) is 0 Å². The van der Waals surface area contributed by atoms with Gasteiger partial charge in [-0.25, -0.2) is 0 Å².